The minimum absolute atomic E-state index is 0.781. The maximum absolute atomic E-state index is 4.44. The average molecular weight is 202 g/mol. The Balaban J connectivity index is 1.77. The first kappa shape index (κ1) is 8.91. The van der Waals surface area contributed by atoms with Crippen molar-refractivity contribution in [2.75, 3.05) is 25.4 Å². The molecule has 0 saturated carbocycles. The first-order valence-corrected chi connectivity index (χ1v) is 6.36. The fraction of sp³-hybridized carbons (Fsp3) is 0.875. The summed E-state index contributed by atoms with van der Waals surface area (Å²) in [6.07, 6.45) is 2.69. The van der Waals surface area contributed by atoms with Gasteiger partial charge in [0.05, 0.1) is 6.54 Å². The maximum atomic E-state index is 4.44. The molecule has 1 N–H and O–H groups in total. The molecule has 1 saturated heterocycles. The van der Waals surface area contributed by atoms with E-state index in [9.17, 15) is 0 Å². The van der Waals surface area contributed by atoms with Crippen LogP contribution in [0.15, 0.2) is 4.99 Å². The molecule has 4 heteroatoms. The van der Waals surface area contributed by atoms with Gasteiger partial charge in [-0.25, -0.2) is 0 Å². The summed E-state index contributed by atoms with van der Waals surface area (Å²) in [7, 11) is 0. The van der Waals surface area contributed by atoms with Gasteiger partial charge in [0.25, 0.3) is 0 Å². The lowest BCUT2D eigenvalue weighted by molar-refractivity contribution is 0.532. The molecule has 0 aromatic carbocycles. The Morgan fingerprint density at radius 3 is 3.25 bits per heavy atom. The van der Waals surface area contributed by atoms with Gasteiger partial charge in [0, 0.05) is 17.5 Å². The van der Waals surface area contributed by atoms with Gasteiger partial charge in [0.2, 0.25) is 0 Å². The second kappa shape index (κ2) is 4.53. The van der Waals surface area contributed by atoms with E-state index in [0.29, 0.717) is 0 Å². The number of hydrogen-bond acceptors (Lipinski definition) is 4. The third kappa shape index (κ3) is 2.41. The summed E-state index contributed by atoms with van der Waals surface area (Å²) in [6.45, 7) is 3.41. The van der Waals surface area contributed by atoms with Crippen LogP contribution in [0.4, 0.5) is 0 Å². The van der Waals surface area contributed by atoms with Gasteiger partial charge in [-0.15, -0.1) is 0 Å². The van der Waals surface area contributed by atoms with Gasteiger partial charge < -0.3 is 5.32 Å². The van der Waals surface area contributed by atoms with Gasteiger partial charge in [-0.1, -0.05) is 23.5 Å². The highest BCUT2D eigenvalue weighted by Gasteiger charge is 2.17. The number of aliphatic imine (C=N–C) groups is 1. The molecule has 0 aliphatic carbocycles. The van der Waals surface area contributed by atoms with Crippen molar-refractivity contribution in [2.45, 2.75) is 18.1 Å². The third-order valence-corrected chi connectivity index (χ3v) is 4.55. The van der Waals surface area contributed by atoms with E-state index < -0.39 is 0 Å². The molecule has 1 atom stereocenters. The highest BCUT2D eigenvalue weighted by Crippen LogP contribution is 2.28. The molecule has 0 aromatic heterocycles. The van der Waals surface area contributed by atoms with Crippen LogP contribution >= 0.6 is 23.5 Å². The van der Waals surface area contributed by atoms with Crippen LogP contribution in [0.1, 0.15) is 12.8 Å². The molecule has 0 spiro atoms. The number of hydrogen-bond donors (Lipinski definition) is 1. The van der Waals surface area contributed by atoms with Crippen LogP contribution in [-0.4, -0.2) is 35.0 Å². The van der Waals surface area contributed by atoms with Gasteiger partial charge in [0.15, 0.2) is 0 Å². The number of thioether (sulfide) groups is 2. The van der Waals surface area contributed by atoms with E-state index >= 15 is 0 Å². The molecule has 0 bridgehead atoms. The predicted molar refractivity (Wildman–Crippen MR) is 58.2 cm³/mol. The summed E-state index contributed by atoms with van der Waals surface area (Å²) in [4.78, 5) is 4.44. The molecule has 2 aliphatic rings. The Labute approximate surface area is 82.0 Å². The smallest absolute Gasteiger partial charge is 0.124 e. The van der Waals surface area contributed by atoms with Crippen LogP contribution in [-0.2, 0) is 0 Å². The topological polar surface area (TPSA) is 24.4 Å². The lowest BCUT2D eigenvalue weighted by atomic mass is 10.2. The van der Waals surface area contributed by atoms with Gasteiger partial charge >= 0.3 is 0 Å². The van der Waals surface area contributed by atoms with Crippen molar-refractivity contribution in [1.29, 1.82) is 0 Å². The van der Waals surface area contributed by atoms with E-state index in [-0.39, 0.29) is 0 Å². The van der Waals surface area contributed by atoms with E-state index in [1.165, 1.54) is 36.1 Å². The van der Waals surface area contributed by atoms with Crippen molar-refractivity contribution in [3.05, 3.63) is 0 Å². The van der Waals surface area contributed by atoms with Crippen LogP contribution in [0.25, 0.3) is 0 Å². The van der Waals surface area contributed by atoms with Crippen molar-refractivity contribution in [3.63, 3.8) is 0 Å². The molecular formula is C8H14N2S2. The average Bonchev–Trinajstić information content (AvgIpc) is 2.59. The Morgan fingerprint density at radius 1 is 1.58 bits per heavy atom. The predicted octanol–water partition coefficient (Wildman–Crippen LogP) is 1.57. The lowest BCUT2D eigenvalue weighted by Crippen LogP contribution is -2.31. The van der Waals surface area contributed by atoms with Crippen LogP contribution in [0.3, 0.4) is 0 Å². The molecule has 2 heterocycles. The number of rotatable bonds is 1. The van der Waals surface area contributed by atoms with Gasteiger partial charge in [-0.3, -0.25) is 4.99 Å². The van der Waals surface area contributed by atoms with Gasteiger partial charge in [0.1, 0.15) is 4.38 Å². The molecule has 2 rings (SSSR count). The summed E-state index contributed by atoms with van der Waals surface area (Å²) >= 11 is 3.90. The summed E-state index contributed by atoms with van der Waals surface area (Å²) in [5.74, 6) is 1.20. The highest BCUT2D eigenvalue weighted by atomic mass is 32.2. The molecule has 0 radical (unpaired) electrons. The third-order valence-electron chi connectivity index (χ3n) is 2.08. The Morgan fingerprint density at radius 2 is 2.58 bits per heavy atom. The Bertz CT molecular complexity index is 176. The quantitative estimate of drug-likeness (QED) is 0.698. The molecule has 0 aromatic rings. The fourth-order valence-electron chi connectivity index (χ4n) is 1.45. The summed E-state index contributed by atoms with van der Waals surface area (Å²) < 4.78 is 1.32. The second-order valence-electron chi connectivity index (χ2n) is 3.08. The summed E-state index contributed by atoms with van der Waals surface area (Å²) in [5.41, 5.74) is 0. The molecule has 12 heavy (non-hydrogen) atoms. The van der Waals surface area contributed by atoms with E-state index in [0.717, 1.165) is 11.8 Å². The van der Waals surface area contributed by atoms with Crippen LogP contribution < -0.4 is 5.32 Å². The Hall–Kier alpha value is 0.330. The largest absolute Gasteiger partial charge is 0.316 e. The van der Waals surface area contributed by atoms with Crippen molar-refractivity contribution in [2.24, 2.45) is 4.99 Å². The normalized spacial score (nSPS) is 30.3. The molecule has 1 fully saturated rings. The molecule has 2 nitrogen and oxygen atoms in total. The van der Waals surface area contributed by atoms with E-state index in [4.69, 9.17) is 0 Å². The molecular weight excluding hydrogens is 188 g/mol. The molecule has 68 valence electrons. The second-order valence-corrected chi connectivity index (χ2v) is 5.71. The monoisotopic (exact) mass is 202 g/mol. The van der Waals surface area contributed by atoms with Gasteiger partial charge in [-0.05, 0) is 19.4 Å². The summed E-state index contributed by atoms with van der Waals surface area (Å²) in [5, 5.41) is 4.20. The van der Waals surface area contributed by atoms with Crippen molar-refractivity contribution >= 4 is 27.9 Å². The standard InChI is InChI=1S/C8H14N2S2/c1-2-7(6-9-3-1)12-8-10-4-5-11-8/h7,9H,1-6H2. The first-order chi connectivity index (χ1) is 5.95. The molecule has 2 aliphatic heterocycles. The van der Waals surface area contributed by atoms with Crippen LogP contribution in [0.5, 0.6) is 0 Å². The number of nitrogens with zero attached hydrogens (tertiary/aromatic N) is 1. The lowest BCUT2D eigenvalue weighted by Gasteiger charge is -2.21. The van der Waals surface area contributed by atoms with Crippen LogP contribution in [0, 0.1) is 0 Å². The minimum atomic E-state index is 0.781. The number of nitrogens with one attached hydrogen (secondary N) is 1. The Kier molecular flexibility index (Phi) is 3.37. The van der Waals surface area contributed by atoms with E-state index in [1.54, 1.807) is 0 Å². The van der Waals surface area contributed by atoms with E-state index in [1.807, 2.05) is 23.5 Å². The van der Waals surface area contributed by atoms with Crippen molar-refractivity contribution < 1.29 is 0 Å². The molecule has 1 unspecified atom stereocenters. The van der Waals surface area contributed by atoms with E-state index in [2.05, 4.69) is 10.3 Å². The zero-order chi connectivity index (χ0) is 8.23. The summed E-state index contributed by atoms with van der Waals surface area (Å²) in [6, 6.07) is 0. The molecule has 0 amide bonds. The zero-order valence-electron chi connectivity index (χ0n) is 7.08. The van der Waals surface area contributed by atoms with Crippen LogP contribution in [0.2, 0.25) is 0 Å². The highest BCUT2D eigenvalue weighted by molar-refractivity contribution is 8.39. The maximum Gasteiger partial charge on any atom is 0.124 e. The fourth-order valence-corrected chi connectivity index (χ4v) is 3.86. The van der Waals surface area contributed by atoms with Crippen molar-refractivity contribution in [1.82, 2.24) is 5.32 Å². The van der Waals surface area contributed by atoms with Crippen molar-refractivity contribution in [3.8, 4) is 0 Å². The minimum Gasteiger partial charge on any atom is -0.316 e. The number of piperidine rings is 1. The van der Waals surface area contributed by atoms with Gasteiger partial charge in [-0.2, -0.15) is 0 Å². The first-order valence-electron chi connectivity index (χ1n) is 4.50. The zero-order valence-corrected chi connectivity index (χ0v) is 8.72. The SMILES string of the molecule is C1CNCC(SC2=NCCS2)C1.